The van der Waals surface area contributed by atoms with Gasteiger partial charge in [0.05, 0.1) is 33.4 Å². The third kappa shape index (κ3) is 5.69. The van der Waals surface area contributed by atoms with Crippen molar-refractivity contribution >= 4 is 23.2 Å². The molecule has 0 radical (unpaired) electrons. The number of carbonyl (C=O) groups excluding carboxylic acids is 2. The molecule has 8 nitrogen and oxygen atoms in total. The summed E-state index contributed by atoms with van der Waals surface area (Å²) >= 11 is 1.18. The first-order valence-corrected chi connectivity index (χ1v) is 16.3. The van der Waals surface area contributed by atoms with Crippen molar-refractivity contribution in [3.8, 4) is 21.9 Å². The summed E-state index contributed by atoms with van der Waals surface area (Å²) in [5.74, 6) is -4.49. The van der Waals surface area contributed by atoms with Crippen molar-refractivity contribution in [1.29, 1.82) is 0 Å². The molecule has 2 amide bonds. The van der Waals surface area contributed by atoms with Crippen LogP contribution >= 0.6 is 11.3 Å². The molecule has 240 valence electrons. The Morgan fingerprint density at radius 3 is 2.61 bits per heavy atom. The minimum absolute atomic E-state index is 0.00714. The number of fused-ring (bicyclic) bond motifs is 3. The maximum Gasteiger partial charge on any atom is 0.261 e. The van der Waals surface area contributed by atoms with E-state index in [2.05, 4.69) is 15.5 Å². The summed E-state index contributed by atoms with van der Waals surface area (Å²) in [6.45, 7) is 2.27. The fourth-order valence-electron chi connectivity index (χ4n) is 6.85. The zero-order valence-corrected chi connectivity index (χ0v) is 25.9. The number of pyridine rings is 1. The smallest absolute Gasteiger partial charge is 0.261 e. The van der Waals surface area contributed by atoms with Crippen molar-refractivity contribution in [2.45, 2.75) is 76.8 Å². The second-order valence-electron chi connectivity index (χ2n) is 12.3. The van der Waals surface area contributed by atoms with Gasteiger partial charge in [-0.3, -0.25) is 14.6 Å². The predicted octanol–water partition coefficient (Wildman–Crippen LogP) is 7.43. The van der Waals surface area contributed by atoms with Gasteiger partial charge in [-0.25, -0.2) is 17.6 Å². The highest BCUT2D eigenvalue weighted by Gasteiger charge is 2.45. The number of thiophene rings is 1. The molecule has 0 bridgehead atoms. The molecule has 0 unspecified atom stereocenters. The second-order valence-corrected chi connectivity index (χ2v) is 13.4. The van der Waals surface area contributed by atoms with E-state index >= 15 is 0 Å². The summed E-state index contributed by atoms with van der Waals surface area (Å²) in [5, 5.41) is 11.1. The number of amides is 2. The normalized spacial score (nSPS) is 19.0. The first-order valence-electron chi connectivity index (χ1n) is 15.5. The van der Waals surface area contributed by atoms with Gasteiger partial charge in [0.1, 0.15) is 0 Å². The lowest BCUT2D eigenvalue weighted by Crippen LogP contribution is -2.24. The molecule has 46 heavy (non-hydrogen) atoms. The second kappa shape index (κ2) is 11.9. The molecule has 2 aliphatic heterocycles. The highest BCUT2D eigenvalue weighted by molar-refractivity contribution is 7.17. The van der Waals surface area contributed by atoms with E-state index < -0.39 is 23.5 Å². The molecule has 4 aromatic rings. The number of nitrogens with one attached hydrogen (secondary N) is 1. The standard InChI is InChI=1S/C33H31F4N5O3S/c1-17-40-41-31(45-17)26-22(7-5-18-10-12-33(36,37)13-11-18)39-29-23-3-2-14-42(23)32(44)28(29)27(26)24-8-9-25(46-24)30(43)38-16-19-4-6-20(34)21(35)15-19/h4,6,8-9,15,18,23H,2-3,5,7,10-14,16H2,1H3,(H,38,43)/t23-/m1/s1. The Bertz CT molecular complexity index is 1830. The number of halogens is 4. The molecule has 1 saturated heterocycles. The quantitative estimate of drug-likeness (QED) is 0.199. The summed E-state index contributed by atoms with van der Waals surface area (Å²) in [7, 11) is 0. The van der Waals surface area contributed by atoms with Gasteiger partial charge in [0.15, 0.2) is 11.6 Å². The number of nitrogens with zero attached hydrogens (tertiary/aromatic N) is 4. The number of carbonyl (C=O) groups is 2. The summed E-state index contributed by atoms with van der Waals surface area (Å²) in [6.07, 6.45) is 3.38. The molecule has 1 aromatic carbocycles. The summed E-state index contributed by atoms with van der Waals surface area (Å²) in [4.78, 5) is 35.0. The number of benzene rings is 1. The zero-order valence-electron chi connectivity index (χ0n) is 25.0. The monoisotopic (exact) mass is 653 g/mol. The molecule has 1 saturated carbocycles. The Morgan fingerprint density at radius 1 is 1.07 bits per heavy atom. The van der Waals surface area contributed by atoms with E-state index in [1.807, 2.05) is 4.90 Å². The largest absolute Gasteiger partial charge is 0.421 e. The van der Waals surface area contributed by atoms with Gasteiger partial charge in [-0.2, -0.15) is 0 Å². The summed E-state index contributed by atoms with van der Waals surface area (Å²) < 4.78 is 60.7. The molecule has 5 heterocycles. The van der Waals surface area contributed by atoms with Crippen molar-refractivity contribution < 1.29 is 31.6 Å². The SMILES string of the molecule is Cc1nnc(-c2c(CCC3CCC(F)(F)CC3)nc3c(c2-c2ccc(C(=O)NCc4ccc(F)c(F)c4)s2)C(=O)N2CCC[C@H]32)o1. The van der Waals surface area contributed by atoms with Crippen LogP contribution in [0.3, 0.4) is 0 Å². The highest BCUT2D eigenvalue weighted by atomic mass is 32.1. The van der Waals surface area contributed by atoms with Crippen LogP contribution in [0.25, 0.3) is 21.9 Å². The molecule has 1 aliphatic carbocycles. The lowest BCUT2D eigenvalue weighted by Gasteiger charge is -2.28. The van der Waals surface area contributed by atoms with Crippen molar-refractivity contribution in [1.82, 2.24) is 25.4 Å². The van der Waals surface area contributed by atoms with Gasteiger partial charge < -0.3 is 14.6 Å². The Labute approximate surface area is 266 Å². The van der Waals surface area contributed by atoms with E-state index in [0.717, 1.165) is 25.0 Å². The number of hydrogen-bond donors (Lipinski definition) is 1. The fraction of sp³-hybridized carbons (Fsp3) is 0.424. The Hall–Kier alpha value is -4.13. The first kappa shape index (κ1) is 30.5. The van der Waals surface area contributed by atoms with Gasteiger partial charge >= 0.3 is 0 Å². The maximum atomic E-state index is 13.9. The predicted molar refractivity (Wildman–Crippen MR) is 161 cm³/mol. The summed E-state index contributed by atoms with van der Waals surface area (Å²) in [6, 6.07) is 6.70. The lowest BCUT2D eigenvalue weighted by atomic mass is 9.83. The van der Waals surface area contributed by atoms with Crippen LogP contribution in [-0.2, 0) is 13.0 Å². The minimum atomic E-state index is -2.62. The van der Waals surface area contributed by atoms with Crippen LogP contribution in [0.15, 0.2) is 34.7 Å². The van der Waals surface area contributed by atoms with Crippen LogP contribution in [0, 0.1) is 24.5 Å². The zero-order chi connectivity index (χ0) is 32.2. The van der Waals surface area contributed by atoms with E-state index in [0.29, 0.717) is 81.5 Å². The van der Waals surface area contributed by atoms with Gasteiger partial charge in [0.2, 0.25) is 17.7 Å². The van der Waals surface area contributed by atoms with Gasteiger partial charge in [0, 0.05) is 43.3 Å². The van der Waals surface area contributed by atoms with Gasteiger partial charge in [-0.15, -0.1) is 21.5 Å². The molecule has 3 aliphatic rings. The molecule has 1 atom stereocenters. The van der Waals surface area contributed by atoms with Crippen LogP contribution in [0.5, 0.6) is 0 Å². The first-order chi connectivity index (χ1) is 22.1. The minimum Gasteiger partial charge on any atom is -0.421 e. The number of alkyl halides is 2. The number of aryl methyl sites for hydroxylation is 2. The molecular formula is C33H31F4N5O3S. The van der Waals surface area contributed by atoms with E-state index in [1.165, 1.54) is 17.4 Å². The molecule has 3 aromatic heterocycles. The van der Waals surface area contributed by atoms with Gasteiger partial charge in [0.25, 0.3) is 11.8 Å². The van der Waals surface area contributed by atoms with Crippen LogP contribution in [0.1, 0.15) is 93.9 Å². The van der Waals surface area contributed by atoms with E-state index in [9.17, 15) is 27.2 Å². The van der Waals surface area contributed by atoms with Gasteiger partial charge in [-0.1, -0.05) is 6.07 Å². The molecule has 0 spiro atoms. The van der Waals surface area contributed by atoms with Crippen LogP contribution in [0.2, 0.25) is 0 Å². The lowest BCUT2D eigenvalue weighted by molar-refractivity contribution is -0.0464. The van der Waals surface area contributed by atoms with Gasteiger partial charge in [-0.05, 0) is 74.3 Å². The molecule has 7 rings (SSSR count). The average Bonchev–Trinajstić information content (AvgIpc) is 3.84. The van der Waals surface area contributed by atoms with Crippen molar-refractivity contribution in [2.24, 2.45) is 5.92 Å². The third-order valence-corrected chi connectivity index (χ3v) is 10.3. The Morgan fingerprint density at radius 2 is 1.87 bits per heavy atom. The van der Waals surface area contributed by atoms with Crippen LogP contribution < -0.4 is 5.32 Å². The summed E-state index contributed by atoms with van der Waals surface area (Å²) in [5.41, 5.74) is 3.29. The van der Waals surface area contributed by atoms with E-state index in [-0.39, 0.29) is 43.1 Å². The van der Waals surface area contributed by atoms with E-state index in [4.69, 9.17) is 9.40 Å². The number of rotatable bonds is 8. The maximum absolute atomic E-state index is 13.9. The van der Waals surface area contributed by atoms with Crippen LogP contribution in [-0.4, -0.2) is 44.4 Å². The number of hydrogen-bond acceptors (Lipinski definition) is 7. The van der Waals surface area contributed by atoms with Crippen molar-refractivity contribution in [3.63, 3.8) is 0 Å². The fourth-order valence-corrected chi connectivity index (χ4v) is 7.83. The number of aromatic nitrogens is 3. The average molecular weight is 654 g/mol. The van der Waals surface area contributed by atoms with E-state index in [1.54, 1.807) is 19.1 Å². The Balaban J connectivity index is 1.27. The molecule has 13 heteroatoms. The third-order valence-electron chi connectivity index (χ3n) is 9.22. The topological polar surface area (TPSA) is 101 Å². The Kier molecular flexibility index (Phi) is 7.90. The molecular weight excluding hydrogens is 622 g/mol. The van der Waals surface area contributed by atoms with Crippen molar-refractivity contribution in [3.05, 3.63) is 75.2 Å². The molecule has 2 fully saturated rings. The van der Waals surface area contributed by atoms with Crippen molar-refractivity contribution in [2.75, 3.05) is 6.54 Å². The molecule has 1 N–H and O–H groups in total. The van der Waals surface area contributed by atoms with Crippen LogP contribution in [0.4, 0.5) is 17.6 Å². The highest BCUT2D eigenvalue weighted by Crippen LogP contribution is 2.49.